The molecule has 0 bridgehead atoms. The summed E-state index contributed by atoms with van der Waals surface area (Å²) >= 11 is 0. The number of carbonyl (C=O) groups excluding carboxylic acids is 2. The minimum Gasteiger partial charge on any atom is -0.325 e. The maximum Gasteiger partial charge on any atom is 0.273 e. The van der Waals surface area contributed by atoms with Gasteiger partial charge in [0.25, 0.3) is 11.6 Å². The van der Waals surface area contributed by atoms with E-state index in [9.17, 15) is 24.1 Å². The summed E-state index contributed by atoms with van der Waals surface area (Å²) in [6.07, 6.45) is 3.27. The molecule has 2 aromatic carbocycles. The van der Waals surface area contributed by atoms with Crippen LogP contribution in [-0.4, -0.2) is 40.8 Å². The highest BCUT2D eigenvalue weighted by Gasteiger charge is 2.21. The van der Waals surface area contributed by atoms with Gasteiger partial charge in [-0.05, 0) is 57.5 Å². The van der Waals surface area contributed by atoms with Gasteiger partial charge in [-0.3, -0.25) is 24.6 Å². The molecule has 0 aromatic heterocycles. The van der Waals surface area contributed by atoms with Crippen LogP contribution in [0.3, 0.4) is 0 Å². The van der Waals surface area contributed by atoms with Gasteiger partial charge in [-0.15, -0.1) is 0 Å². The van der Waals surface area contributed by atoms with Gasteiger partial charge < -0.3 is 10.6 Å². The molecule has 1 fully saturated rings. The van der Waals surface area contributed by atoms with E-state index in [1.807, 2.05) is 0 Å². The zero-order valence-electron chi connectivity index (χ0n) is 17.5. The average molecular weight is 428 g/mol. The van der Waals surface area contributed by atoms with Crippen LogP contribution in [0.25, 0.3) is 0 Å². The lowest BCUT2D eigenvalue weighted by Gasteiger charge is -2.32. The molecule has 1 heterocycles. The van der Waals surface area contributed by atoms with Crippen molar-refractivity contribution in [3.05, 3.63) is 63.5 Å². The maximum atomic E-state index is 14.2. The lowest BCUT2D eigenvalue weighted by atomic mass is 10.0. The van der Waals surface area contributed by atoms with Crippen molar-refractivity contribution in [3.63, 3.8) is 0 Å². The van der Waals surface area contributed by atoms with E-state index in [0.29, 0.717) is 17.3 Å². The standard InChI is InChI=1S/C22H25FN4O4/c1-14-6-7-16(11-20(14)27(30)31)22(29)25-19-12-17(8-9-18(19)23)24-21(28)13-26-10-4-3-5-15(26)2/h6-9,11-12,15H,3-5,10,13H2,1-2H3,(H,24,28)(H,25,29)/t15-/m1/s1. The second-order valence-corrected chi connectivity index (χ2v) is 7.77. The second kappa shape index (κ2) is 9.65. The molecule has 1 saturated heterocycles. The van der Waals surface area contributed by atoms with Gasteiger partial charge in [0.05, 0.1) is 17.2 Å². The van der Waals surface area contributed by atoms with Crippen LogP contribution in [0, 0.1) is 22.9 Å². The Balaban J connectivity index is 1.69. The van der Waals surface area contributed by atoms with Crippen molar-refractivity contribution < 1.29 is 18.9 Å². The van der Waals surface area contributed by atoms with Crippen molar-refractivity contribution in [1.82, 2.24) is 4.90 Å². The van der Waals surface area contributed by atoms with Crippen LogP contribution >= 0.6 is 0 Å². The maximum absolute atomic E-state index is 14.2. The number of benzene rings is 2. The molecule has 1 aliphatic heterocycles. The summed E-state index contributed by atoms with van der Waals surface area (Å²) in [5, 5.41) is 16.2. The monoisotopic (exact) mass is 428 g/mol. The Morgan fingerprint density at radius 3 is 2.68 bits per heavy atom. The number of likely N-dealkylation sites (tertiary alicyclic amines) is 1. The number of piperidine rings is 1. The van der Waals surface area contributed by atoms with Gasteiger partial charge in [-0.2, -0.15) is 0 Å². The number of halogens is 1. The molecule has 0 radical (unpaired) electrons. The molecule has 2 amide bonds. The number of nitrogens with one attached hydrogen (secondary N) is 2. The van der Waals surface area contributed by atoms with Crippen LogP contribution in [0.2, 0.25) is 0 Å². The predicted octanol–water partition coefficient (Wildman–Crippen LogP) is 4.11. The van der Waals surface area contributed by atoms with Crippen LogP contribution in [0.1, 0.15) is 42.1 Å². The molecular weight excluding hydrogens is 403 g/mol. The van der Waals surface area contributed by atoms with E-state index in [1.165, 1.54) is 24.3 Å². The third-order valence-corrected chi connectivity index (χ3v) is 5.45. The molecule has 3 rings (SSSR count). The second-order valence-electron chi connectivity index (χ2n) is 7.77. The summed E-state index contributed by atoms with van der Waals surface area (Å²) in [7, 11) is 0. The van der Waals surface area contributed by atoms with Gasteiger partial charge in [0.2, 0.25) is 5.91 Å². The van der Waals surface area contributed by atoms with E-state index in [1.54, 1.807) is 6.92 Å². The highest BCUT2D eigenvalue weighted by atomic mass is 19.1. The highest BCUT2D eigenvalue weighted by molar-refractivity contribution is 6.05. The van der Waals surface area contributed by atoms with Crippen LogP contribution in [0.4, 0.5) is 21.5 Å². The first-order valence-electron chi connectivity index (χ1n) is 10.1. The topological polar surface area (TPSA) is 105 Å². The number of rotatable bonds is 6. The Kier molecular flexibility index (Phi) is 6.96. The first-order valence-corrected chi connectivity index (χ1v) is 10.1. The number of nitro benzene ring substituents is 1. The molecule has 0 saturated carbocycles. The summed E-state index contributed by atoms with van der Waals surface area (Å²) in [5.41, 5.74) is 0.477. The molecule has 164 valence electrons. The van der Waals surface area contributed by atoms with Gasteiger partial charge in [-0.1, -0.05) is 12.5 Å². The fraction of sp³-hybridized carbons (Fsp3) is 0.364. The Labute approximate surface area is 179 Å². The normalized spacial score (nSPS) is 16.5. The van der Waals surface area contributed by atoms with Crippen molar-refractivity contribution in [2.45, 2.75) is 39.2 Å². The van der Waals surface area contributed by atoms with Gasteiger partial charge in [0.15, 0.2) is 0 Å². The van der Waals surface area contributed by atoms with Crippen LogP contribution in [0.5, 0.6) is 0 Å². The summed E-state index contributed by atoms with van der Waals surface area (Å²) < 4.78 is 14.2. The molecule has 1 aliphatic rings. The van der Waals surface area contributed by atoms with E-state index in [-0.39, 0.29) is 29.4 Å². The van der Waals surface area contributed by atoms with Crippen LogP contribution in [-0.2, 0) is 4.79 Å². The number of nitro groups is 1. The average Bonchev–Trinajstić information content (AvgIpc) is 2.72. The Morgan fingerprint density at radius 1 is 1.19 bits per heavy atom. The van der Waals surface area contributed by atoms with Crippen LogP contribution < -0.4 is 10.6 Å². The van der Waals surface area contributed by atoms with Crippen molar-refractivity contribution in [3.8, 4) is 0 Å². The zero-order valence-corrected chi connectivity index (χ0v) is 17.5. The number of aryl methyl sites for hydroxylation is 1. The third-order valence-electron chi connectivity index (χ3n) is 5.45. The van der Waals surface area contributed by atoms with Crippen molar-refractivity contribution in [1.29, 1.82) is 0 Å². The van der Waals surface area contributed by atoms with Gasteiger partial charge in [0, 0.05) is 28.9 Å². The first kappa shape index (κ1) is 22.4. The number of nitrogens with zero attached hydrogens (tertiary/aromatic N) is 2. The molecule has 0 aliphatic carbocycles. The smallest absolute Gasteiger partial charge is 0.273 e. The largest absolute Gasteiger partial charge is 0.325 e. The summed E-state index contributed by atoms with van der Waals surface area (Å²) in [5.74, 6) is -1.59. The molecule has 31 heavy (non-hydrogen) atoms. The summed E-state index contributed by atoms with van der Waals surface area (Å²) in [6, 6.07) is 8.26. The van der Waals surface area contributed by atoms with Crippen molar-refractivity contribution in [2.24, 2.45) is 0 Å². The molecule has 8 nitrogen and oxygen atoms in total. The quantitative estimate of drug-likeness (QED) is 0.532. The molecule has 1 atom stereocenters. The van der Waals surface area contributed by atoms with E-state index in [4.69, 9.17) is 0 Å². The van der Waals surface area contributed by atoms with Gasteiger partial charge in [0.1, 0.15) is 5.82 Å². The summed E-state index contributed by atoms with van der Waals surface area (Å²) in [6.45, 7) is 4.76. The molecule has 9 heteroatoms. The van der Waals surface area contributed by atoms with E-state index in [2.05, 4.69) is 22.5 Å². The minimum atomic E-state index is -0.687. The predicted molar refractivity (Wildman–Crippen MR) is 116 cm³/mol. The van der Waals surface area contributed by atoms with Gasteiger partial charge >= 0.3 is 0 Å². The first-order chi connectivity index (χ1) is 14.7. The minimum absolute atomic E-state index is 0.0326. The van der Waals surface area contributed by atoms with Gasteiger partial charge in [-0.25, -0.2) is 4.39 Å². The Morgan fingerprint density at radius 2 is 1.97 bits per heavy atom. The lowest BCUT2D eigenvalue weighted by Crippen LogP contribution is -2.42. The fourth-order valence-electron chi connectivity index (χ4n) is 3.62. The highest BCUT2D eigenvalue weighted by Crippen LogP contribution is 2.23. The number of carbonyl (C=O) groups is 2. The molecule has 0 spiro atoms. The lowest BCUT2D eigenvalue weighted by molar-refractivity contribution is -0.385. The van der Waals surface area contributed by atoms with E-state index < -0.39 is 16.6 Å². The SMILES string of the molecule is Cc1ccc(C(=O)Nc2cc(NC(=O)CN3CCCC[C@H]3C)ccc2F)cc1[N+](=O)[O-]. The van der Waals surface area contributed by atoms with E-state index >= 15 is 0 Å². The summed E-state index contributed by atoms with van der Waals surface area (Å²) in [4.78, 5) is 37.5. The Hall–Kier alpha value is -3.33. The number of anilines is 2. The number of hydrogen-bond acceptors (Lipinski definition) is 5. The number of hydrogen-bond donors (Lipinski definition) is 2. The molecule has 0 unspecified atom stereocenters. The number of amides is 2. The third kappa shape index (κ3) is 5.64. The molecular formula is C22H25FN4O4. The molecule has 2 N–H and O–H groups in total. The van der Waals surface area contributed by atoms with Crippen LogP contribution in [0.15, 0.2) is 36.4 Å². The Bertz CT molecular complexity index is 1010. The van der Waals surface area contributed by atoms with Crippen molar-refractivity contribution in [2.75, 3.05) is 23.7 Å². The van der Waals surface area contributed by atoms with Crippen molar-refractivity contribution >= 4 is 28.9 Å². The molecule has 2 aromatic rings. The van der Waals surface area contributed by atoms with E-state index in [0.717, 1.165) is 37.9 Å². The fourth-order valence-corrected chi connectivity index (χ4v) is 3.62. The zero-order chi connectivity index (χ0) is 22.5.